The summed E-state index contributed by atoms with van der Waals surface area (Å²) >= 11 is 0. The molecule has 0 aliphatic carbocycles. The number of nitrogens with one attached hydrogen (secondary N) is 1. The van der Waals surface area contributed by atoms with Crippen LogP contribution in [0, 0.1) is 0 Å². The minimum Gasteiger partial charge on any atom is -0.477 e. The van der Waals surface area contributed by atoms with E-state index in [1.807, 2.05) is 0 Å². The number of rotatable bonds is 5. The fourth-order valence-electron chi connectivity index (χ4n) is 2.09. The first-order chi connectivity index (χ1) is 11.6. The summed E-state index contributed by atoms with van der Waals surface area (Å²) in [5.41, 5.74) is 1.79. The van der Waals surface area contributed by atoms with Crippen LogP contribution in [0.2, 0.25) is 0 Å². The molecule has 0 saturated heterocycles. The number of carbonyl (C=O) groups is 2. The smallest absolute Gasteiger partial charge is 0.375 e. The number of H-pyrrole nitrogens is 1. The summed E-state index contributed by atoms with van der Waals surface area (Å²) in [5, 5.41) is 15.4. The zero-order valence-electron chi connectivity index (χ0n) is 12.6. The van der Waals surface area contributed by atoms with Crippen LogP contribution in [-0.2, 0) is 4.74 Å². The molecule has 3 rings (SSSR count). The van der Waals surface area contributed by atoms with Crippen molar-refractivity contribution in [3.63, 3.8) is 0 Å². The number of aromatic carboxylic acids is 1. The van der Waals surface area contributed by atoms with Crippen molar-refractivity contribution in [3.05, 3.63) is 48.0 Å². The molecule has 0 aliphatic heterocycles. The zero-order chi connectivity index (χ0) is 17.1. The highest BCUT2D eigenvalue weighted by Gasteiger charge is 2.15. The average molecular weight is 327 g/mol. The normalized spacial score (nSPS) is 10.5. The highest BCUT2D eigenvalue weighted by atomic mass is 16.5. The van der Waals surface area contributed by atoms with Gasteiger partial charge in [-0.2, -0.15) is 5.10 Å². The standard InChI is InChI=1S/C16H13N3O5/c1-2-23-16(22)13-8-17-14(24-13)10-5-3-4-9(6-10)11-7-12(15(20)21)19-18-11/h3-8H,2H2,1H3,(H,18,19)(H,20,21). The van der Waals surface area contributed by atoms with E-state index in [1.54, 1.807) is 31.2 Å². The number of hydrogen-bond donors (Lipinski definition) is 2. The molecule has 0 saturated carbocycles. The van der Waals surface area contributed by atoms with Crippen molar-refractivity contribution in [2.24, 2.45) is 0 Å². The van der Waals surface area contributed by atoms with Gasteiger partial charge in [0.25, 0.3) is 0 Å². The van der Waals surface area contributed by atoms with Crippen LogP contribution in [0.5, 0.6) is 0 Å². The number of aromatic amines is 1. The Kier molecular flexibility index (Phi) is 4.11. The second-order valence-corrected chi connectivity index (χ2v) is 4.80. The molecule has 0 aliphatic rings. The third kappa shape index (κ3) is 3.02. The lowest BCUT2D eigenvalue weighted by Gasteiger charge is -2.00. The number of hydrogen-bond acceptors (Lipinski definition) is 6. The molecule has 122 valence electrons. The van der Waals surface area contributed by atoms with Crippen LogP contribution in [0.25, 0.3) is 22.7 Å². The average Bonchev–Trinajstić information content (AvgIpc) is 3.25. The number of aromatic nitrogens is 3. The molecule has 0 bridgehead atoms. The highest BCUT2D eigenvalue weighted by molar-refractivity contribution is 5.87. The summed E-state index contributed by atoms with van der Waals surface area (Å²) in [6, 6.07) is 8.47. The Bertz CT molecular complexity index is 897. The van der Waals surface area contributed by atoms with Gasteiger partial charge in [-0.25, -0.2) is 14.6 Å². The lowest BCUT2D eigenvalue weighted by molar-refractivity contribution is 0.0490. The Morgan fingerprint density at radius 3 is 2.79 bits per heavy atom. The van der Waals surface area contributed by atoms with Crippen LogP contribution in [0.15, 0.2) is 40.9 Å². The molecule has 0 spiro atoms. The monoisotopic (exact) mass is 327 g/mol. The summed E-state index contributed by atoms with van der Waals surface area (Å²) in [6.07, 6.45) is 1.30. The van der Waals surface area contributed by atoms with Crippen molar-refractivity contribution in [2.75, 3.05) is 6.61 Å². The number of oxazole rings is 1. The Labute approximate surface area is 136 Å². The highest BCUT2D eigenvalue weighted by Crippen LogP contribution is 2.25. The molecule has 24 heavy (non-hydrogen) atoms. The topological polar surface area (TPSA) is 118 Å². The van der Waals surface area contributed by atoms with Gasteiger partial charge in [-0.05, 0) is 25.1 Å². The van der Waals surface area contributed by atoms with E-state index in [0.29, 0.717) is 16.8 Å². The summed E-state index contributed by atoms with van der Waals surface area (Å²) < 4.78 is 10.3. The number of nitrogens with zero attached hydrogens (tertiary/aromatic N) is 2. The maximum Gasteiger partial charge on any atom is 0.375 e. The number of carboxylic acid groups (broad SMARTS) is 1. The van der Waals surface area contributed by atoms with E-state index in [-0.39, 0.29) is 24.0 Å². The van der Waals surface area contributed by atoms with Gasteiger partial charge in [-0.15, -0.1) is 0 Å². The predicted molar refractivity (Wildman–Crippen MR) is 82.4 cm³/mol. The van der Waals surface area contributed by atoms with Crippen molar-refractivity contribution in [3.8, 4) is 22.7 Å². The third-order valence-electron chi connectivity index (χ3n) is 3.20. The molecular formula is C16H13N3O5. The fraction of sp³-hybridized carbons (Fsp3) is 0.125. The van der Waals surface area contributed by atoms with Gasteiger partial charge in [0.2, 0.25) is 11.7 Å². The van der Waals surface area contributed by atoms with Crippen LogP contribution in [-0.4, -0.2) is 38.8 Å². The number of carbonyl (C=O) groups excluding carboxylic acids is 1. The van der Waals surface area contributed by atoms with Gasteiger partial charge in [0, 0.05) is 11.1 Å². The molecule has 0 amide bonds. The lowest BCUT2D eigenvalue weighted by atomic mass is 10.1. The Morgan fingerprint density at radius 1 is 1.29 bits per heavy atom. The van der Waals surface area contributed by atoms with E-state index in [4.69, 9.17) is 14.3 Å². The summed E-state index contributed by atoms with van der Waals surface area (Å²) in [7, 11) is 0. The van der Waals surface area contributed by atoms with Crippen LogP contribution in [0.3, 0.4) is 0 Å². The number of carboxylic acids is 1. The number of benzene rings is 1. The second kappa shape index (κ2) is 6.37. The molecule has 1 aromatic carbocycles. The van der Waals surface area contributed by atoms with Gasteiger partial charge >= 0.3 is 11.9 Å². The zero-order valence-corrected chi connectivity index (χ0v) is 12.6. The molecule has 0 unspecified atom stereocenters. The van der Waals surface area contributed by atoms with Gasteiger partial charge in [-0.1, -0.05) is 12.1 Å². The summed E-state index contributed by atoms with van der Waals surface area (Å²) in [5.74, 6) is -1.39. The third-order valence-corrected chi connectivity index (χ3v) is 3.20. The SMILES string of the molecule is CCOC(=O)c1cnc(-c2cccc(-c3cc(C(=O)O)[nH]n3)c2)o1. The lowest BCUT2D eigenvalue weighted by Crippen LogP contribution is -2.02. The number of esters is 1. The fourth-order valence-corrected chi connectivity index (χ4v) is 2.09. The van der Waals surface area contributed by atoms with Crippen LogP contribution >= 0.6 is 0 Å². The maximum absolute atomic E-state index is 11.6. The molecule has 0 atom stereocenters. The molecule has 3 aromatic rings. The molecule has 8 nitrogen and oxygen atoms in total. The Hall–Kier alpha value is -3.42. The summed E-state index contributed by atoms with van der Waals surface area (Å²) in [6.45, 7) is 1.95. The maximum atomic E-state index is 11.6. The van der Waals surface area contributed by atoms with Gasteiger partial charge in [0.15, 0.2) is 0 Å². The first-order valence-electron chi connectivity index (χ1n) is 7.11. The van der Waals surface area contributed by atoms with E-state index < -0.39 is 11.9 Å². The quantitative estimate of drug-likeness (QED) is 0.691. The Morgan fingerprint density at radius 2 is 2.08 bits per heavy atom. The van der Waals surface area contributed by atoms with E-state index >= 15 is 0 Å². The largest absolute Gasteiger partial charge is 0.477 e. The first kappa shape index (κ1) is 15.5. The minimum atomic E-state index is -1.09. The molecule has 0 fully saturated rings. The van der Waals surface area contributed by atoms with Crippen LogP contribution < -0.4 is 0 Å². The van der Waals surface area contributed by atoms with Crippen molar-refractivity contribution in [1.29, 1.82) is 0 Å². The van der Waals surface area contributed by atoms with Gasteiger partial charge in [0.1, 0.15) is 5.69 Å². The van der Waals surface area contributed by atoms with Crippen LogP contribution in [0.1, 0.15) is 28.0 Å². The van der Waals surface area contributed by atoms with Gasteiger partial charge in [-0.3, -0.25) is 5.10 Å². The van der Waals surface area contributed by atoms with Crippen LogP contribution in [0.4, 0.5) is 0 Å². The van der Waals surface area contributed by atoms with Gasteiger partial charge in [0.05, 0.1) is 18.5 Å². The van der Waals surface area contributed by atoms with Crippen molar-refractivity contribution < 1.29 is 23.8 Å². The molecular weight excluding hydrogens is 314 g/mol. The number of ether oxygens (including phenoxy) is 1. The molecule has 2 aromatic heterocycles. The van der Waals surface area contributed by atoms with E-state index in [9.17, 15) is 9.59 Å². The van der Waals surface area contributed by atoms with E-state index in [2.05, 4.69) is 15.2 Å². The van der Waals surface area contributed by atoms with E-state index in [1.165, 1.54) is 12.3 Å². The molecule has 8 heteroatoms. The van der Waals surface area contributed by atoms with Crippen molar-refractivity contribution in [1.82, 2.24) is 15.2 Å². The predicted octanol–water partition coefficient (Wildman–Crippen LogP) is 2.61. The van der Waals surface area contributed by atoms with Gasteiger partial charge < -0.3 is 14.3 Å². The molecule has 0 radical (unpaired) electrons. The minimum absolute atomic E-state index is 0.00359. The molecule has 2 N–H and O–H groups in total. The molecule has 2 heterocycles. The summed E-state index contributed by atoms with van der Waals surface area (Å²) in [4.78, 5) is 26.6. The van der Waals surface area contributed by atoms with Crippen molar-refractivity contribution in [2.45, 2.75) is 6.92 Å². The Balaban J connectivity index is 1.90. The second-order valence-electron chi connectivity index (χ2n) is 4.80. The van der Waals surface area contributed by atoms with Crippen molar-refractivity contribution >= 4 is 11.9 Å². The van der Waals surface area contributed by atoms with E-state index in [0.717, 1.165) is 0 Å². The first-order valence-corrected chi connectivity index (χ1v) is 7.11.